The molecule has 0 aromatic heterocycles. The van der Waals surface area contributed by atoms with Crippen molar-refractivity contribution in [2.24, 2.45) is 5.92 Å². The van der Waals surface area contributed by atoms with Crippen LogP contribution in [-0.4, -0.2) is 64.0 Å². The number of benzene rings is 1. The lowest BCUT2D eigenvalue weighted by Gasteiger charge is -2.44. The van der Waals surface area contributed by atoms with Crippen LogP contribution in [0.25, 0.3) is 5.57 Å². The Morgan fingerprint density at radius 1 is 1.32 bits per heavy atom. The van der Waals surface area contributed by atoms with Crippen LogP contribution in [0, 0.1) is 5.92 Å². The monoisotopic (exact) mass is 344 g/mol. The van der Waals surface area contributed by atoms with Gasteiger partial charge >= 0.3 is 5.97 Å². The molecule has 2 heterocycles. The molecule has 1 aromatic carbocycles. The van der Waals surface area contributed by atoms with Crippen molar-refractivity contribution in [3.8, 4) is 0 Å². The molecule has 0 radical (unpaired) electrons. The molecule has 3 atom stereocenters. The molecule has 0 spiro atoms. The number of carboxylic acid groups (broad SMARTS) is 1. The summed E-state index contributed by atoms with van der Waals surface area (Å²) in [6, 6.07) is 6.40. The van der Waals surface area contributed by atoms with Gasteiger partial charge in [-0.05, 0) is 36.6 Å². The number of carbonyl (C=O) groups is 3. The van der Waals surface area contributed by atoms with Crippen molar-refractivity contribution in [2.75, 3.05) is 14.1 Å². The van der Waals surface area contributed by atoms with Gasteiger partial charge in [-0.3, -0.25) is 9.59 Å². The fraction of sp³-hybridized carbons (Fsp3) is 0.389. The molecule has 2 N–H and O–H groups in total. The van der Waals surface area contributed by atoms with E-state index in [1.807, 2.05) is 0 Å². The van der Waals surface area contributed by atoms with E-state index in [1.165, 1.54) is 16.7 Å². The van der Waals surface area contributed by atoms with E-state index >= 15 is 0 Å². The number of rotatable bonds is 4. The summed E-state index contributed by atoms with van der Waals surface area (Å²) in [5.74, 6) is -2.32. The van der Waals surface area contributed by atoms with Crippen molar-refractivity contribution < 1.29 is 24.6 Å². The SMILES string of the molecule is C[C@@H](O)C1C(=O)N2C(C(=O)O)=C(c3cccc(C(=O)N(C)C)c3)CC12. The number of hydrogen-bond acceptors (Lipinski definition) is 4. The van der Waals surface area contributed by atoms with Crippen molar-refractivity contribution in [1.82, 2.24) is 9.80 Å². The largest absolute Gasteiger partial charge is 0.477 e. The van der Waals surface area contributed by atoms with E-state index in [9.17, 15) is 24.6 Å². The first-order chi connectivity index (χ1) is 11.7. The summed E-state index contributed by atoms with van der Waals surface area (Å²) >= 11 is 0. The van der Waals surface area contributed by atoms with Crippen molar-refractivity contribution in [3.63, 3.8) is 0 Å². The van der Waals surface area contributed by atoms with E-state index in [4.69, 9.17) is 0 Å². The van der Waals surface area contributed by atoms with Gasteiger partial charge in [0.15, 0.2) is 0 Å². The number of nitrogens with zero attached hydrogens (tertiary/aromatic N) is 2. The average molecular weight is 344 g/mol. The number of aliphatic hydroxyl groups excluding tert-OH is 1. The Morgan fingerprint density at radius 2 is 2.00 bits per heavy atom. The first-order valence-corrected chi connectivity index (χ1v) is 8.03. The molecule has 2 amide bonds. The van der Waals surface area contributed by atoms with E-state index in [2.05, 4.69) is 0 Å². The predicted octanol–water partition coefficient (Wildman–Crippen LogP) is 0.796. The second-order valence-corrected chi connectivity index (χ2v) is 6.66. The first kappa shape index (κ1) is 17.2. The van der Waals surface area contributed by atoms with Gasteiger partial charge in [-0.25, -0.2) is 4.79 Å². The Morgan fingerprint density at radius 3 is 2.56 bits per heavy atom. The van der Waals surface area contributed by atoms with Gasteiger partial charge in [0.05, 0.1) is 18.1 Å². The number of amides is 2. The fourth-order valence-electron chi connectivity index (χ4n) is 3.63. The minimum absolute atomic E-state index is 0.0543. The third-order valence-electron chi connectivity index (χ3n) is 4.80. The van der Waals surface area contributed by atoms with Crippen LogP contribution >= 0.6 is 0 Å². The van der Waals surface area contributed by atoms with Gasteiger partial charge in [-0.2, -0.15) is 0 Å². The summed E-state index contributed by atoms with van der Waals surface area (Å²) in [4.78, 5) is 38.8. The van der Waals surface area contributed by atoms with Gasteiger partial charge in [-0.15, -0.1) is 0 Å². The van der Waals surface area contributed by atoms with Crippen LogP contribution in [0.4, 0.5) is 0 Å². The first-order valence-electron chi connectivity index (χ1n) is 8.03. The standard InChI is InChI=1S/C18H20N2O5/c1-9(21)14-13-8-12(15(18(24)25)20(13)17(14)23)10-5-4-6-11(7-10)16(22)19(2)3/h4-7,9,13-14,21H,8H2,1-3H3,(H,24,25)/t9-,13?,14?/m1/s1. The normalized spacial score (nSPS) is 23.2. The molecule has 0 bridgehead atoms. The molecule has 2 aliphatic rings. The zero-order valence-corrected chi connectivity index (χ0v) is 14.3. The molecule has 1 aromatic rings. The van der Waals surface area contributed by atoms with Crippen LogP contribution in [0.15, 0.2) is 30.0 Å². The summed E-state index contributed by atoms with van der Waals surface area (Å²) in [5, 5.41) is 19.4. The highest BCUT2D eigenvalue weighted by Crippen LogP contribution is 2.46. The molecular formula is C18H20N2O5. The van der Waals surface area contributed by atoms with Gasteiger partial charge < -0.3 is 20.0 Å². The van der Waals surface area contributed by atoms with Gasteiger partial charge in [0.1, 0.15) is 5.70 Å². The summed E-state index contributed by atoms with van der Waals surface area (Å²) in [6.45, 7) is 1.54. The quantitative estimate of drug-likeness (QED) is 0.787. The minimum atomic E-state index is -1.18. The van der Waals surface area contributed by atoms with Crippen LogP contribution in [0.1, 0.15) is 29.3 Å². The predicted molar refractivity (Wildman–Crippen MR) is 89.4 cm³/mol. The molecule has 25 heavy (non-hydrogen) atoms. The number of hydrogen-bond donors (Lipinski definition) is 2. The van der Waals surface area contributed by atoms with Crippen LogP contribution in [0.2, 0.25) is 0 Å². The van der Waals surface area contributed by atoms with Crippen LogP contribution < -0.4 is 0 Å². The lowest BCUT2D eigenvalue weighted by Crippen LogP contribution is -2.61. The molecule has 7 heteroatoms. The zero-order valence-electron chi connectivity index (χ0n) is 14.3. The Kier molecular flexibility index (Phi) is 4.12. The Bertz CT molecular complexity index is 796. The van der Waals surface area contributed by atoms with Crippen LogP contribution in [0.5, 0.6) is 0 Å². The smallest absolute Gasteiger partial charge is 0.352 e. The van der Waals surface area contributed by atoms with E-state index < -0.39 is 18.0 Å². The van der Waals surface area contributed by atoms with Crippen molar-refractivity contribution in [1.29, 1.82) is 0 Å². The summed E-state index contributed by atoms with van der Waals surface area (Å²) in [5.41, 5.74) is 1.52. The molecule has 2 unspecified atom stereocenters. The molecule has 2 aliphatic heterocycles. The Labute approximate surface area is 145 Å². The highest BCUT2D eigenvalue weighted by Gasteiger charge is 2.56. The molecule has 1 saturated heterocycles. The van der Waals surface area contributed by atoms with Crippen molar-refractivity contribution in [2.45, 2.75) is 25.5 Å². The topological polar surface area (TPSA) is 98.1 Å². The second-order valence-electron chi connectivity index (χ2n) is 6.66. The minimum Gasteiger partial charge on any atom is -0.477 e. The van der Waals surface area contributed by atoms with Gasteiger partial charge in [0.25, 0.3) is 5.91 Å². The number of carbonyl (C=O) groups excluding carboxylic acids is 2. The van der Waals surface area contributed by atoms with E-state index in [0.717, 1.165) is 0 Å². The second kappa shape index (κ2) is 6.00. The van der Waals surface area contributed by atoms with E-state index in [0.29, 0.717) is 23.1 Å². The maximum Gasteiger partial charge on any atom is 0.352 e. The summed E-state index contributed by atoms with van der Waals surface area (Å²) in [7, 11) is 3.29. The van der Waals surface area contributed by atoms with Crippen LogP contribution in [-0.2, 0) is 9.59 Å². The lowest BCUT2D eigenvalue weighted by molar-refractivity contribution is -0.161. The number of aliphatic carboxylic acids is 1. The van der Waals surface area contributed by atoms with E-state index in [-0.39, 0.29) is 23.6 Å². The maximum absolute atomic E-state index is 12.2. The van der Waals surface area contributed by atoms with Crippen molar-refractivity contribution in [3.05, 3.63) is 41.1 Å². The summed E-state index contributed by atoms with van der Waals surface area (Å²) < 4.78 is 0. The molecule has 1 fully saturated rings. The fourth-order valence-corrected chi connectivity index (χ4v) is 3.63. The van der Waals surface area contributed by atoms with Gasteiger partial charge in [0, 0.05) is 19.7 Å². The molecule has 7 nitrogen and oxygen atoms in total. The Balaban J connectivity index is 2.02. The molecule has 0 aliphatic carbocycles. The highest BCUT2D eigenvalue weighted by atomic mass is 16.4. The molecule has 0 saturated carbocycles. The number of fused-ring (bicyclic) bond motifs is 1. The number of aliphatic hydroxyl groups is 1. The lowest BCUT2D eigenvalue weighted by atomic mass is 9.82. The molecule has 3 rings (SSSR count). The average Bonchev–Trinajstić information content (AvgIpc) is 2.89. The number of carboxylic acids is 1. The van der Waals surface area contributed by atoms with Crippen molar-refractivity contribution >= 4 is 23.4 Å². The third-order valence-corrected chi connectivity index (χ3v) is 4.80. The van der Waals surface area contributed by atoms with E-state index in [1.54, 1.807) is 38.4 Å². The third kappa shape index (κ3) is 2.60. The zero-order chi connectivity index (χ0) is 18.5. The molecular weight excluding hydrogens is 324 g/mol. The Hall–Kier alpha value is -2.67. The van der Waals surface area contributed by atoms with Gasteiger partial charge in [-0.1, -0.05) is 12.1 Å². The van der Waals surface area contributed by atoms with Gasteiger partial charge in [0.2, 0.25) is 5.91 Å². The molecule has 132 valence electrons. The number of β-lactam (4-membered cyclic amide) rings is 1. The maximum atomic E-state index is 12.2. The van der Waals surface area contributed by atoms with Crippen LogP contribution in [0.3, 0.4) is 0 Å². The summed E-state index contributed by atoms with van der Waals surface area (Å²) in [6.07, 6.45) is -0.479. The highest BCUT2D eigenvalue weighted by molar-refractivity contribution is 6.06.